The molecular weight excluding hydrogens is 403 g/mol. The molecule has 1 saturated heterocycles. The van der Waals surface area contributed by atoms with Crippen molar-refractivity contribution in [3.05, 3.63) is 75.2 Å². The van der Waals surface area contributed by atoms with Crippen LogP contribution >= 0.6 is 11.6 Å². The van der Waals surface area contributed by atoms with Crippen LogP contribution in [-0.4, -0.2) is 23.8 Å². The predicted molar refractivity (Wildman–Crippen MR) is 109 cm³/mol. The van der Waals surface area contributed by atoms with Gasteiger partial charge in [-0.25, -0.2) is 0 Å². The lowest BCUT2D eigenvalue weighted by Crippen LogP contribution is -2.61. The van der Waals surface area contributed by atoms with E-state index in [9.17, 15) is 18.0 Å². The summed E-state index contributed by atoms with van der Waals surface area (Å²) in [5, 5.41) is 8.24. The number of alkyl halides is 3. The van der Waals surface area contributed by atoms with E-state index in [0.717, 1.165) is 11.1 Å². The lowest BCUT2D eigenvalue weighted by atomic mass is 9.81. The van der Waals surface area contributed by atoms with Crippen molar-refractivity contribution in [2.75, 3.05) is 18.4 Å². The molecule has 0 atom stereocenters. The monoisotopic (exact) mass is 421 g/mol. The Morgan fingerprint density at radius 1 is 1.21 bits per heavy atom. The van der Waals surface area contributed by atoms with E-state index in [1.807, 2.05) is 31.2 Å². The van der Waals surface area contributed by atoms with Gasteiger partial charge in [0.25, 0.3) is 5.56 Å². The number of rotatable bonds is 4. The first-order valence-corrected chi connectivity index (χ1v) is 9.51. The molecule has 1 aliphatic rings. The zero-order valence-corrected chi connectivity index (χ0v) is 16.4. The predicted octanol–water partition coefficient (Wildman–Crippen LogP) is 4.44. The highest BCUT2D eigenvalue weighted by atomic mass is 35.5. The van der Waals surface area contributed by atoms with Crippen LogP contribution in [0.3, 0.4) is 0 Å². The molecule has 1 aromatic heterocycles. The summed E-state index contributed by atoms with van der Waals surface area (Å²) in [7, 11) is 0. The van der Waals surface area contributed by atoms with Gasteiger partial charge in [-0.05, 0) is 47.7 Å². The van der Waals surface area contributed by atoms with Crippen molar-refractivity contribution in [2.45, 2.75) is 25.2 Å². The van der Waals surface area contributed by atoms with Gasteiger partial charge in [0.15, 0.2) is 0 Å². The highest BCUT2D eigenvalue weighted by Crippen LogP contribution is 2.35. The minimum atomic E-state index is -4.46. The summed E-state index contributed by atoms with van der Waals surface area (Å²) in [5.74, 6) is 0. The average Bonchev–Trinajstić information content (AvgIpc) is 2.62. The van der Waals surface area contributed by atoms with Gasteiger partial charge in [-0.15, -0.1) is 0 Å². The van der Waals surface area contributed by atoms with Crippen LogP contribution in [0.1, 0.15) is 11.1 Å². The van der Waals surface area contributed by atoms with Crippen LogP contribution in [0.4, 0.5) is 18.9 Å². The molecule has 0 spiro atoms. The second kappa shape index (κ2) is 7.07. The largest absolute Gasteiger partial charge is 0.406 e. The van der Waals surface area contributed by atoms with Crippen molar-refractivity contribution < 1.29 is 13.2 Å². The van der Waals surface area contributed by atoms with Crippen LogP contribution < -0.4 is 16.2 Å². The average molecular weight is 422 g/mol. The molecule has 4 nitrogen and oxygen atoms in total. The minimum absolute atomic E-state index is 0.243. The number of pyridine rings is 1. The van der Waals surface area contributed by atoms with E-state index < -0.39 is 23.8 Å². The van der Waals surface area contributed by atoms with Crippen LogP contribution in [0.15, 0.2) is 53.5 Å². The molecule has 2 N–H and O–H groups in total. The summed E-state index contributed by atoms with van der Waals surface area (Å²) in [4.78, 5) is 12.6. The maximum absolute atomic E-state index is 12.7. The number of fused-ring (bicyclic) bond motifs is 1. The molecule has 29 heavy (non-hydrogen) atoms. The Labute approximate surface area is 170 Å². The fourth-order valence-electron chi connectivity index (χ4n) is 3.80. The van der Waals surface area contributed by atoms with E-state index in [1.54, 1.807) is 12.1 Å². The van der Waals surface area contributed by atoms with Crippen LogP contribution in [0, 0.1) is 6.92 Å². The second-order valence-electron chi connectivity index (χ2n) is 7.39. The molecule has 3 aromatic rings. The molecule has 2 aromatic carbocycles. The first-order valence-electron chi connectivity index (χ1n) is 9.13. The summed E-state index contributed by atoms with van der Waals surface area (Å²) in [6, 6.07) is 12.4. The highest BCUT2D eigenvalue weighted by molar-refractivity contribution is 6.31. The topological polar surface area (TPSA) is 46.1 Å². The molecule has 0 radical (unpaired) electrons. The van der Waals surface area contributed by atoms with Crippen molar-refractivity contribution in [2.24, 2.45) is 0 Å². The van der Waals surface area contributed by atoms with Gasteiger partial charge in [-0.1, -0.05) is 29.8 Å². The molecule has 0 saturated carbocycles. The summed E-state index contributed by atoms with van der Waals surface area (Å²) in [6.07, 6.45) is -3.28. The lowest BCUT2D eigenvalue weighted by Gasteiger charge is -2.45. The Bertz CT molecular complexity index is 1140. The van der Waals surface area contributed by atoms with E-state index in [4.69, 9.17) is 11.6 Å². The SMILES string of the molecule is Cc1c(Cl)cccc1C1(Nc2ccc3ccn(CC(F)(F)F)c(=O)c3c2)CNC1. The third kappa shape index (κ3) is 3.72. The van der Waals surface area contributed by atoms with Gasteiger partial charge in [-0.3, -0.25) is 4.79 Å². The quantitative estimate of drug-likeness (QED) is 0.655. The molecule has 0 amide bonds. The van der Waals surface area contributed by atoms with Crippen molar-refractivity contribution in [1.82, 2.24) is 9.88 Å². The van der Waals surface area contributed by atoms with E-state index in [1.165, 1.54) is 12.3 Å². The number of nitrogens with zero attached hydrogens (tertiary/aromatic N) is 1. The smallest absolute Gasteiger partial charge is 0.373 e. The van der Waals surface area contributed by atoms with Crippen LogP contribution in [0.5, 0.6) is 0 Å². The van der Waals surface area contributed by atoms with Gasteiger partial charge >= 0.3 is 6.18 Å². The van der Waals surface area contributed by atoms with Crippen molar-refractivity contribution in [3.8, 4) is 0 Å². The zero-order chi connectivity index (χ0) is 20.8. The second-order valence-corrected chi connectivity index (χ2v) is 7.80. The fraction of sp³-hybridized carbons (Fsp3) is 0.286. The number of hydrogen-bond acceptors (Lipinski definition) is 3. The van der Waals surface area contributed by atoms with E-state index in [2.05, 4.69) is 10.6 Å². The van der Waals surface area contributed by atoms with Crippen molar-refractivity contribution in [3.63, 3.8) is 0 Å². The molecule has 2 heterocycles. The normalized spacial score (nSPS) is 15.9. The first kappa shape index (κ1) is 19.8. The Morgan fingerprint density at radius 2 is 1.97 bits per heavy atom. The molecule has 4 rings (SSSR count). The van der Waals surface area contributed by atoms with Crippen LogP contribution in [0.2, 0.25) is 5.02 Å². The summed E-state index contributed by atoms with van der Waals surface area (Å²) < 4.78 is 38.9. The number of halogens is 4. The molecule has 0 unspecified atom stereocenters. The maximum Gasteiger partial charge on any atom is 0.406 e. The van der Waals surface area contributed by atoms with E-state index >= 15 is 0 Å². The van der Waals surface area contributed by atoms with Gasteiger partial charge in [0.1, 0.15) is 6.54 Å². The van der Waals surface area contributed by atoms with E-state index in [0.29, 0.717) is 33.8 Å². The summed E-state index contributed by atoms with van der Waals surface area (Å²) in [6.45, 7) is 1.98. The summed E-state index contributed by atoms with van der Waals surface area (Å²) >= 11 is 6.29. The minimum Gasteiger partial charge on any atom is -0.373 e. The number of benzene rings is 2. The van der Waals surface area contributed by atoms with E-state index in [-0.39, 0.29) is 5.39 Å². The molecule has 8 heteroatoms. The first-order chi connectivity index (χ1) is 13.7. The molecule has 0 bridgehead atoms. The summed E-state index contributed by atoms with van der Waals surface area (Å²) in [5.41, 5.74) is 1.62. The number of aromatic nitrogens is 1. The van der Waals surface area contributed by atoms with Gasteiger partial charge < -0.3 is 15.2 Å². The fourth-order valence-corrected chi connectivity index (χ4v) is 3.97. The van der Waals surface area contributed by atoms with Crippen molar-refractivity contribution in [1.29, 1.82) is 0 Å². The zero-order valence-electron chi connectivity index (χ0n) is 15.6. The number of hydrogen-bond donors (Lipinski definition) is 2. The lowest BCUT2D eigenvalue weighted by molar-refractivity contribution is -0.141. The van der Waals surface area contributed by atoms with Crippen LogP contribution in [0.25, 0.3) is 10.8 Å². The Morgan fingerprint density at radius 3 is 2.62 bits per heavy atom. The Balaban J connectivity index is 1.73. The number of nitrogens with one attached hydrogen (secondary N) is 2. The van der Waals surface area contributed by atoms with Gasteiger partial charge in [0.05, 0.1) is 5.54 Å². The Hall–Kier alpha value is -2.51. The van der Waals surface area contributed by atoms with Gasteiger partial charge in [-0.2, -0.15) is 13.2 Å². The van der Waals surface area contributed by atoms with Crippen LogP contribution in [-0.2, 0) is 12.1 Å². The third-order valence-corrected chi connectivity index (χ3v) is 5.76. The molecule has 0 aliphatic carbocycles. The third-order valence-electron chi connectivity index (χ3n) is 5.35. The van der Waals surface area contributed by atoms with Crippen molar-refractivity contribution >= 4 is 28.1 Å². The molecule has 1 fully saturated rings. The molecule has 1 aliphatic heterocycles. The molecule has 152 valence electrons. The highest BCUT2D eigenvalue weighted by Gasteiger charge is 2.40. The molecular formula is C21H19ClF3N3O. The van der Waals surface area contributed by atoms with Gasteiger partial charge in [0, 0.05) is 35.4 Å². The number of anilines is 1. The standard InChI is InChI=1S/C21H19ClF3N3O/c1-13-17(3-2-4-18(13)22)20(10-26-11-20)27-15-6-5-14-7-8-28(12-21(23,24)25)19(29)16(14)9-15/h2-9,26-27H,10-12H2,1H3. The van der Waals surface area contributed by atoms with Gasteiger partial charge in [0.2, 0.25) is 0 Å². The Kier molecular flexibility index (Phi) is 4.83. The maximum atomic E-state index is 12.7.